The van der Waals surface area contributed by atoms with E-state index in [1.54, 1.807) is 12.1 Å². The highest BCUT2D eigenvalue weighted by Crippen LogP contribution is 2.24. The Kier molecular flexibility index (Phi) is 4.09. The molecule has 1 aromatic rings. The first kappa shape index (κ1) is 14.6. The summed E-state index contributed by atoms with van der Waals surface area (Å²) in [5.41, 5.74) is 1.86. The number of benzene rings is 1. The van der Waals surface area contributed by atoms with Crippen molar-refractivity contribution in [3.05, 3.63) is 35.4 Å². The highest BCUT2D eigenvalue weighted by molar-refractivity contribution is 5.75. The lowest BCUT2D eigenvalue weighted by Crippen LogP contribution is -2.28. The molecule has 0 aliphatic heterocycles. The van der Waals surface area contributed by atoms with Crippen LogP contribution in [0.1, 0.15) is 38.3 Å². The van der Waals surface area contributed by atoms with E-state index in [0.29, 0.717) is 0 Å². The molecule has 0 unspecified atom stereocenters. The number of rotatable bonds is 4. The fraction of sp³-hybridized carbons (Fsp3) is 0.500. The average Bonchev–Trinajstić information content (AvgIpc) is 2.25. The second kappa shape index (κ2) is 5.04. The van der Waals surface area contributed by atoms with Crippen LogP contribution in [0.5, 0.6) is 0 Å². The number of aliphatic carboxylic acids is 1. The molecule has 0 fully saturated rings. The van der Waals surface area contributed by atoms with E-state index in [1.165, 1.54) is 0 Å². The first-order valence-electron chi connectivity index (χ1n) is 5.83. The predicted molar refractivity (Wildman–Crippen MR) is 66.0 cm³/mol. The Labute approximate surface area is 106 Å². The van der Waals surface area contributed by atoms with Gasteiger partial charge < -0.3 is 5.11 Å². The van der Waals surface area contributed by atoms with E-state index in [-0.39, 0.29) is 11.8 Å². The Morgan fingerprint density at radius 1 is 1.17 bits per heavy atom. The van der Waals surface area contributed by atoms with Crippen molar-refractivity contribution in [2.24, 2.45) is 0 Å². The van der Waals surface area contributed by atoms with Crippen LogP contribution < -0.4 is 0 Å². The van der Waals surface area contributed by atoms with Gasteiger partial charge in [0, 0.05) is 6.42 Å². The molecule has 0 atom stereocenters. The molecule has 1 aromatic carbocycles. The molecule has 1 N–H and O–H groups in total. The van der Waals surface area contributed by atoms with E-state index in [4.69, 9.17) is 5.11 Å². The summed E-state index contributed by atoms with van der Waals surface area (Å²) in [6, 6.07) is 7.35. The maximum Gasteiger partial charge on any atom is 0.374 e. The Hall–Kier alpha value is -1.45. The Balaban J connectivity index is 2.68. The van der Waals surface area contributed by atoms with Crippen LogP contribution in [-0.2, 0) is 16.6 Å². The SMILES string of the molecule is CC(C)(C)c1ccc(CCC(F)(F)C(=O)O)cc1. The summed E-state index contributed by atoms with van der Waals surface area (Å²) < 4.78 is 25.8. The van der Waals surface area contributed by atoms with Crippen molar-refractivity contribution in [2.75, 3.05) is 0 Å². The fourth-order valence-electron chi connectivity index (χ4n) is 1.58. The molecule has 0 amide bonds. The molecule has 1 rings (SSSR count). The molecular weight excluding hydrogens is 238 g/mol. The standard InChI is InChI=1S/C14H18F2O2/c1-13(2,3)11-6-4-10(5-7-11)8-9-14(15,16)12(17)18/h4-7H,8-9H2,1-3H3,(H,17,18). The number of aryl methyl sites for hydroxylation is 1. The topological polar surface area (TPSA) is 37.3 Å². The van der Waals surface area contributed by atoms with Gasteiger partial charge in [-0.1, -0.05) is 45.0 Å². The van der Waals surface area contributed by atoms with Gasteiger partial charge in [0.15, 0.2) is 0 Å². The van der Waals surface area contributed by atoms with E-state index >= 15 is 0 Å². The number of halogens is 2. The van der Waals surface area contributed by atoms with Gasteiger partial charge in [0.05, 0.1) is 0 Å². The molecule has 0 saturated carbocycles. The van der Waals surface area contributed by atoms with Crippen molar-refractivity contribution >= 4 is 5.97 Å². The maximum absolute atomic E-state index is 12.9. The van der Waals surface area contributed by atoms with Crippen molar-refractivity contribution < 1.29 is 18.7 Å². The Morgan fingerprint density at radius 2 is 1.67 bits per heavy atom. The molecule has 0 aliphatic carbocycles. The van der Waals surface area contributed by atoms with Gasteiger partial charge in [-0.25, -0.2) is 4.79 Å². The molecule has 0 spiro atoms. The summed E-state index contributed by atoms with van der Waals surface area (Å²) in [7, 11) is 0. The van der Waals surface area contributed by atoms with E-state index in [0.717, 1.165) is 11.1 Å². The van der Waals surface area contributed by atoms with Gasteiger partial charge in [-0.05, 0) is 23.0 Å². The van der Waals surface area contributed by atoms with Gasteiger partial charge in [-0.3, -0.25) is 0 Å². The van der Waals surface area contributed by atoms with Crippen molar-refractivity contribution in [1.82, 2.24) is 0 Å². The Morgan fingerprint density at radius 3 is 2.06 bits per heavy atom. The third-order valence-corrected chi connectivity index (χ3v) is 2.86. The maximum atomic E-state index is 12.9. The molecule has 4 heteroatoms. The summed E-state index contributed by atoms with van der Waals surface area (Å²) in [5.74, 6) is -5.71. The van der Waals surface area contributed by atoms with Crippen LogP contribution in [0.4, 0.5) is 8.78 Å². The first-order chi connectivity index (χ1) is 8.13. The number of carbonyl (C=O) groups is 1. The van der Waals surface area contributed by atoms with E-state index in [1.807, 2.05) is 12.1 Å². The minimum absolute atomic E-state index is 0.0174. The van der Waals surface area contributed by atoms with Crippen molar-refractivity contribution in [3.63, 3.8) is 0 Å². The summed E-state index contributed by atoms with van der Waals surface area (Å²) in [6.07, 6.45) is -0.610. The molecule has 0 aliphatic rings. The van der Waals surface area contributed by atoms with Crippen LogP contribution in [0.15, 0.2) is 24.3 Å². The van der Waals surface area contributed by atoms with Crippen LogP contribution in [0.25, 0.3) is 0 Å². The van der Waals surface area contributed by atoms with Crippen molar-refractivity contribution in [2.45, 2.75) is 45.0 Å². The van der Waals surface area contributed by atoms with Crippen molar-refractivity contribution in [3.8, 4) is 0 Å². The second-order valence-corrected chi connectivity index (χ2v) is 5.46. The fourth-order valence-corrected chi connectivity index (χ4v) is 1.58. The lowest BCUT2D eigenvalue weighted by molar-refractivity contribution is -0.165. The molecule has 18 heavy (non-hydrogen) atoms. The number of carboxylic acids is 1. The molecular formula is C14H18F2O2. The number of carboxylic acid groups (broad SMARTS) is 1. The third kappa shape index (κ3) is 3.79. The van der Waals surface area contributed by atoms with Crippen LogP contribution in [0.2, 0.25) is 0 Å². The van der Waals surface area contributed by atoms with Crippen LogP contribution in [-0.4, -0.2) is 17.0 Å². The summed E-state index contributed by atoms with van der Waals surface area (Å²) in [4.78, 5) is 10.3. The summed E-state index contributed by atoms with van der Waals surface area (Å²) >= 11 is 0. The highest BCUT2D eigenvalue weighted by Gasteiger charge is 2.37. The van der Waals surface area contributed by atoms with E-state index < -0.39 is 18.3 Å². The number of hydrogen-bond donors (Lipinski definition) is 1. The smallest absolute Gasteiger partial charge is 0.374 e. The van der Waals surface area contributed by atoms with Gasteiger partial charge in [0.25, 0.3) is 0 Å². The molecule has 2 nitrogen and oxygen atoms in total. The predicted octanol–water partition coefficient (Wildman–Crippen LogP) is 3.64. The van der Waals surface area contributed by atoms with Gasteiger partial charge in [0.2, 0.25) is 0 Å². The van der Waals surface area contributed by atoms with Gasteiger partial charge >= 0.3 is 11.9 Å². The summed E-state index contributed by atoms with van der Waals surface area (Å²) in [5, 5.41) is 8.32. The van der Waals surface area contributed by atoms with Crippen LogP contribution >= 0.6 is 0 Å². The molecule has 0 aromatic heterocycles. The lowest BCUT2D eigenvalue weighted by Gasteiger charge is -2.19. The highest BCUT2D eigenvalue weighted by atomic mass is 19.3. The minimum Gasteiger partial charge on any atom is -0.477 e. The van der Waals surface area contributed by atoms with Crippen molar-refractivity contribution in [1.29, 1.82) is 0 Å². The Bertz CT molecular complexity index is 416. The zero-order valence-corrected chi connectivity index (χ0v) is 10.8. The first-order valence-corrected chi connectivity index (χ1v) is 5.83. The van der Waals surface area contributed by atoms with Gasteiger partial charge in [-0.2, -0.15) is 8.78 Å². The van der Waals surface area contributed by atoms with Gasteiger partial charge in [0.1, 0.15) is 0 Å². The van der Waals surface area contributed by atoms with E-state index in [2.05, 4.69) is 20.8 Å². The molecule has 0 saturated heterocycles. The van der Waals surface area contributed by atoms with Crippen LogP contribution in [0, 0.1) is 0 Å². The number of alkyl halides is 2. The summed E-state index contributed by atoms with van der Waals surface area (Å²) in [6.45, 7) is 6.21. The van der Waals surface area contributed by atoms with Crippen LogP contribution in [0.3, 0.4) is 0 Å². The minimum atomic E-state index is -3.65. The molecule has 0 bridgehead atoms. The normalized spacial score (nSPS) is 12.5. The molecule has 100 valence electrons. The number of hydrogen-bond acceptors (Lipinski definition) is 1. The molecule has 0 radical (unpaired) electrons. The monoisotopic (exact) mass is 256 g/mol. The molecule has 0 heterocycles. The van der Waals surface area contributed by atoms with Gasteiger partial charge in [-0.15, -0.1) is 0 Å². The lowest BCUT2D eigenvalue weighted by atomic mass is 9.86. The largest absolute Gasteiger partial charge is 0.477 e. The average molecular weight is 256 g/mol. The quantitative estimate of drug-likeness (QED) is 0.893. The third-order valence-electron chi connectivity index (χ3n) is 2.86. The second-order valence-electron chi connectivity index (χ2n) is 5.46. The zero-order chi connectivity index (χ0) is 14.0. The van der Waals surface area contributed by atoms with E-state index in [9.17, 15) is 13.6 Å². The zero-order valence-electron chi connectivity index (χ0n) is 10.8.